The molecule has 1 aliphatic carbocycles. The highest BCUT2D eigenvalue weighted by Gasteiger charge is 2.29. The van der Waals surface area contributed by atoms with Gasteiger partial charge in [0.2, 0.25) is 0 Å². The van der Waals surface area contributed by atoms with Gasteiger partial charge in [-0.25, -0.2) is 0 Å². The Balaban J connectivity index is 1.80. The largest absolute Gasteiger partial charge is 0.326 e. The Morgan fingerprint density at radius 3 is 2.17 bits per heavy atom. The molecule has 1 aliphatic heterocycles. The van der Waals surface area contributed by atoms with Gasteiger partial charge in [0.1, 0.15) is 8.96 Å². The van der Waals surface area contributed by atoms with Gasteiger partial charge in [-0.1, -0.05) is 25.7 Å². The van der Waals surface area contributed by atoms with E-state index in [4.69, 9.17) is 0 Å². The third-order valence-electron chi connectivity index (χ3n) is 3.80. The van der Waals surface area contributed by atoms with E-state index in [1.54, 1.807) is 12.1 Å². The summed E-state index contributed by atoms with van der Waals surface area (Å²) in [5, 5.41) is 0. The molecule has 0 aromatic carbocycles. The van der Waals surface area contributed by atoms with Crippen LogP contribution in [0.1, 0.15) is 38.5 Å². The van der Waals surface area contributed by atoms with E-state index < -0.39 is 0 Å². The summed E-state index contributed by atoms with van der Waals surface area (Å²) in [5.41, 5.74) is 0. The lowest BCUT2D eigenvalue weighted by molar-refractivity contribution is 0.280. The first-order chi connectivity index (χ1) is 5.88. The standard InChI is InChI=1S/C10H21NSi/c1-11(12-8-5-9-12)10-6-3-2-4-7-10/h10,12H,2-9H2,1H3. The topological polar surface area (TPSA) is 3.24 Å². The maximum absolute atomic E-state index is 2.81. The number of hydrogen-bond donors (Lipinski definition) is 0. The second kappa shape index (κ2) is 3.92. The molecule has 2 rings (SSSR count). The van der Waals surface area contributed by atoms with Crippen LogP contribution in [0.15, 0.2) is 0 Å². The lowest BCUT2D eigenvalue weighted by atomic mass is 9.96. The Hall–Kier alpha value is 0.177. The first-order valence-corrected chi connectivity index (χ1v) is 7.75. The molecule has 1 nitrogen and oxygen atoms in total. The molecular weight excluding hydrogens is 162 g/mol. The average molecular weight is 183 g/mol. The Labute approximate surface area is 77.8 Å². The lowest BCUT2D eigenvalue weighted by Gasteiger charge is -2.40. The van der Waals surface area contributed by atoms with E-state index in [-0.39, 0.29) is 8.96 Å². The van der Waals surface area contributed by atoms with Crippen LogP contribution in [0.4, 0.5) is 0 Å². The average Bonchev–Trinajstić information content (AvgIpc) is 2.03. The van der Waals surface area contributed by atoms with Crippen molar-refractivity contribution < 1.29 is 0 Å². The van der Waals surface area contributed by atoms with Gasteiger partial charge in [0.15, 0.2) is 0 Å². The van der Waals surface area contributed by atoms with Crippen LogP contribution in [-0.4, -0.2) is 26.6 Å². The van der Waals surface area contributed by atoms with Gasteiger partial charge in [-0.2, -0.15) is 0 Å². The Kier molecular flexibility index (Phi) is 2.86. The zero-order valence-corrected chi connectivity index (χ0v) is 9.41. The van der Waals surface area contributed by atoms with E-state index >= 15 is 0 Å². The molecule has 1 saturated carbocycles. The SMILES string of the molecule is CN(C1CCCCC1)[SiH]1CCC1. The van der Waals surface area contributed by atoms with Crippen LogP contribution in [0, 0.1) is 0 Å². The first-order valence-electron chi connectivity index (χ1n) is 5.60. The normalized spacial score (nSPS) is 27.5. The fraction of sp³-hybridized carbons (Fsp3) is 1.00. The molecule has 0 amide bonds. The maximum Gasteiger partial charge on any atom is 0.111 e. The highest BCUT2D eigenvalue weighted by Crippen LogP contribution is 2.29. The van der Waals surface area contributed by atoms with Gasteiger partial charge in [0, 0.05) is 6.04 Å². The van der Waals surface area contributed by atoms with Crippen LogP contribution in [-0.2, 0) is 0 Å². The number of nitrogens with zero attached hydrogens (tertiary/aromatic N) is 1. The molecule has 0 aromatic heterocycles. The fourth-order valence-electron chi connectivity index (χ4n) is 2.58. The molecule has 0 bridgehead atoms. The smallest absolute Gasteiger partial charge is 0.111 e. The van der Waals surface area contributed by atoms with Crippen LogP contribution >= 0.6 is 0 Å². The molecule has 0 atom stereocenters. The third-order valence-corrected chi connectivity index (χ3v) is 7.52. The number of rotatable bonds is 2. The van der Waals surface area contributed by atoms with E-state index in [1.807, 2.05) is 0 Å². The molecule has 0 spiro atoms. The van der Waals surface area contributed by atoms with Crippen LogP contribution in [0.25, 0.3) is 0 Å². The van der Waals surface area contributed by atoms with Crippen molar-refractivity contribution >= 4 is 8.96 Å². The predicted molar refractivity (Wildman–Crippen MR) is 56.0 cm³/mol. The molecule has 70 valence electrons. The summed E-state index contributed by atoms with van der Waals surface area (Å²) in [5.74, 6) is 0. The van der Waals surface area contributed by atoms with Gasteiger partial charge in [-0.3, -0.25) is 0 Å². The van der Waals surface area contributed by atoms with Crippen molar-refractivity contribution in [1.82, 2.24) is 4.57 Å². The summed E-state index contributed by atoms with van der Waals surface area (Å²) in [4.78, 5) is 0. The zero-order chi connectivity index (χ0) is 8.39. The third kappa shape index (κ3) is 1.74. The van der Waals surface area contributed by atoms with Crippen molar-refractivity contribution in [2.45, 2.75) is 56.7 Å². The molecule has 2 fully saturated rings. The lowest BCUT2D eigenvalue weighted by Crippen LogP contribution is -2.47. The predicted octanol–water partition coefficient (Wildman–Crippen LogP) is 2.38. The molecule has 0 unspecified atom stereocenters. The molecular formula is C10H21NSi. The number of hydrogen-bond acceptors (Lipinski definition) is 1. The van der Waals surface area contributed by atoms with Crippen LogP contribution in [0.5, 0.6) is 0 Å². The van der Waals surface area contributed by atoms with Crippen molar-refractivity contribution in [1.29, 1.82) is 0 Å². The van der Waals surface area contributed by atoms with Crippen molar-refractivity contribution in [3.63, 3.8) is 0 Å². The Morgan fingerprint density at radius 2 is 1.67 bits per heavy atom. The van der Waals surface area contributed by atoms with Crippen molar-refractivity contribution in [2.75, 3.05) is 7.05 Å². The Bertz CT molecular complexity index is 139. The van der Waals surface area contributed by atoms with E-state index in [1.165, 1.54) is 38.5 Å². The maximum atomic E-state index is 2.81. The van der Waals surface area contributed by atoms with Crippen LogP contribution in [0.3, 0.4) is 0 Å². The highest BCUT2D eigenvalue weighted by atomic mass is 28.3. The van der Waals surface area contributed by atoms with Gasteiger partial charge in [-0.05, 0) is 32.0 Å². The van der Waals surface area contributed by atoms with Crippen molar-refractivity contribution in [3.8, 4) is 0 Å². The monoisotopic (exact) mass is 183 g/mol. The van der Waals surface area contributed by atoms with Gasteiger partial charge >= 0.3 is 0 Å². The second-order valence-electron chi connectivity index (χ2n) is 4.54. The summed E-state index contributed by atoms with van der Waals surface area (Å²) in [6.45, 7) is 0. The van der Waals surface area contributed by atoms with Crippen molar-refractivity contribution in [3.05, 3.63) is 0 Å². The van der Waals surface area contributed by atoms with Crippen LogP contribution < -0.4 is 0 Å². The Morgan fingerprint density at radius 1 is 1.00 bits per heavy atom. The van der Waals surface area contributed by atoms with E-state index in [2.05, 4.69) is 11.6 Å². The van der Waals surface area contributed by atoms with Crippen molar-refractivity contribution in [2.24, 2.45) is 0 Å². The minimum atomic E-state index is -0.335. The summed E-state index contributed by atoms with van der Waals surface area (Å²) < 4.78 is 2.81. The summed E-state index contributed by atoms with van der Waals surface area (Å²) in [7, 11) is 2.07. The molecule has 1 saturated heterocycles. The molecule has 12 heavy (non-hydrogen) atoms. The summed E-state index contributed by atoms with van der Waals surface area (Å²) >= 11 is 0. The second-order valence-corrected chi connectivity index (χ2v) is 7.82. The van der Waals surface area contributed by atoms with Crippen LogP contribution in [0.2, 0.25) is 12.1 Å². The molecule has 0 N–H and O–H groups in total. The van der Waals surface area contributed by atoms with Gasteiger partial charge in [-0.15, -0.1) is 0 Å². The summed E-state index contributed by atoms with van der Waals surface area (Å²) in [6, 6.07) is 4.20. The highest BCUT2D eigenvalue weighted by molar-refractivity contribution is 6.58. The quantitative estimate of drug-likeness (QED) is 0.594. The molecule has 0 radical (unpaired) electrons. The fourth-order valence-corrected chi connectivity index (χ4v) is 5.06. The molecule has 2 aliphatic rings. The van der Waals surface area contributed by atoms with Gasteiger partial charge in [0.25, 0.3) is 0 Å². The molecule has 1 heterocycles. The van der Waals surface area contributed by atoms with E-state index in [0.29, 0.717) is 0 Å². The first kappa shape index (κ1) is 8.76. The molecule has 2 heteroatoms. The minimum absolute atomic E-state index is 0.335. The summed E-state index contributed by atoms with van der Waals surface area (Å²) in [6.07, 6.45) is 9.02. The molecule has 0 aromatic rings. The van der Waals surface area contributed by atoms with E-state index in [0.717, 1.165) is 6.04 Å². The van der Waals surface area contributed by atoms with Gasteiger partial charge < -0.3 is 4.57 Å². The van der Waals surface area contributed by atoms with Gasteiger partial charge in [0.05, 0.1) is 0 Å². The zero-order valence-electron chi connectivity index (χ0n) is 8.26. The minimum Gasteiger partial charge on any atom is -0.326 e. The van der Waals surface area contributed by atoms with E-state index in [9.17, 15) is 0 Å².